The summed E-state index contributed by atoms with van der Waals surface area (Å²) in [6, 6.07) is 5.52. The van der Waals surface area contributed by atoms with Gasteiger partial charge in [-0.25, -0.2) is 8.42 Å². The molecule has 0 saturated carbocycles. The van der Waals surface area contributed by atoms with Crippen molar-refractivity contribution < 1.29 is 13.2 Å². The van der Waals surface area contributed by atoms with Crippen molar-refractivity contribution in [3.63, 3.8) is 0 Å². The van der Waals surface area contributed by atoms with E-state index in [2.05, 4.69) is 0 Å². The molecule has 1 heterocycles. The van der Waals surface area contributed by atoms with Crippen LogP contribution >= 0.6 is 11.8 Å². The van der Waals surface area contributed by atoms with Crippen LogP contribution < -0.4 is 15.4 Å². The molecule has 118 valence electrons. The number of nitrogens with two attached hydrogens (primary N) is 1. The van der Waals surface area contributed by atoms with Gasteiger partial charge in [0.05, 0.1) is 17.5 Å². The van der Waals surface area contributed by atoms with Crippen molar-refractivity contribution in [1.29, 1.82) is 0 Å². The third kappa shape index (κ3) is 3.77. The zero-order valence-corrected chi connectivity index (χ0v) is 14.2. The highest BCUT2D eigenvalue weighted by atomic mass is 32.2. The largest absolute Gasteiger partial charge is 0.489 e. The lowest BCUT2D eigenvalue weighted by Crippen LogP contribution is -2.47. The van der Waals surface area contributed by atoms with Crippen LogP contribution in [0.15, 0.2) is 18.2 Å². The van der Waals surface area contributed by atoms with Crippen LogP contribution in [0.1, 0.15) is 13.8 Å². The summed E-state index contributed by atoms with van der Waals surface area (Å²) in [4.78, 5) is 1.88. The minimum atomic E-state index is -3.17. The second-order valence-corrected chi connectivity index (χ2v) is 8.76. The van der Waals surface area contributed by atoms with Crippen LogP contribution in [-0.2, 0) is 9.84 Å². The highest BCUT2D eigenvalue weighted by molar-refractivity contribution is 8.01. The molecule has 0 aliphatic carbocycles. The number of para-hydroxylation sites is 1. The van der Waals surface area contributed by atoms with Crippen molar-refractivity contribution in [3.05, 3.63) is 18.2 Å². The van der Waals surface area contributed by atoms with Gasteiger partial charge in [-0.15, -0.1) is 0 Å². The fourth-order valence-corrected chi connectivity index (χ4v) is 5.18. The first-order valence-corrected chi connectivity index (χ1v) is 10.00. The SMILES string of the molecule is CC(C)Oc1cccc(N2CCSCC2S(C)(=O)=O)c1N. The predicted molar refractivity (Wildman–Crippen MR) is 89.9 cm³/mol. The van der Waals surface area contributed by atoms with Crippen LogP contribution in [0.2, 0.25) is 0 Å². The molecule has 21 heavy (non-hydrogen) atoms. The van der Waals surface area contributed by atoms with Gasteiger partial charge in [-0.3, -0.25) is 0 Å². The lowest BCUT2D eigenvalue weighted by molar-refractivity contribution is 0.244. The standard InChI is InChI=1S/C14H22N2O3S2/c1-10(2)19-12-6-4-5-11(14(12)15)16-7-8-20-9-13(16)21(3,17)18/h4-6,10,13H,7-9,15H2,1-3H3. The van der Waals surface area contributed by atoms with Gasteiger partial charge in [-0.2, -0.15) is 11.8 Å². The molecular formula is C14H22N2O3S2. The van der Waals surface area contributed by atoms with E-state index in [4.69, 9.17) is 10.5 Å². The van der Waals surface area contributed by atoms with Crippen LogP contribution in [0.5, 0.6) is 5.75 Å². The molecule has 1 aromatic carbocycles. The average Bonchev–Trinajstić information content (AvgIpc) is 2.40. The lowest BCUT2D eigenvalue weighted by Gasteiger charge is -2.36. The van der Waals surface area contributed by atoms with Crippen LogP contribution in [0.3, 0.4) is 0 Å². The monoisotopic (exact) mass is 330 g/mol. The van der Waals surface area contributed by atoms with Gasteiger partial charge in [0, 0.05) is 24.3 Å². The first-order chi connectivity index (χ1) is 9.80. The molecule has 1 aromatic rings. The van der Waals surface area contributed by atoms with E-state index in [9.17, 15) is 8.42 Å². The second-order valence-electron chi connectivity index (χ2n) is 5.41. The van der Waals surface area contributed by atoms with Gasteiger partial charge in [0.2, 0.25) is 0 Å². The molecule has 0 bridgehead atoms. The molecule has 1 aliphatic rings. The Bertz CT molecular complexity index is 602. The van der Waals surface area contributed by atoms with Gasteiger partial charge in [-0.1, -0.05) is 6.07 Å². The van der Waals surface area contributed by atoms with Crippen molar-refractivity contribution in [2.75, 3.05) is 34.9 Å². The number of nitrogens with zero attached hydrogens (tertiary/aromatic N) is 1. The second kappa shape index (κ2) is 6.36. The maximum atomic E-state index is 12.0. The van der Waals surface area contributed by atoms with E-state index in [1.165, 1.54) is 6.26 Å². The van der Waals surface area contributed by atoms with Crippen molar-refractivity contribution in [3.8, 4) is 5.75 Å². The molecule has 2 N–H and O–H groups in total. The Balaban J connectivity index is 2.39. The molecule has 2 rings (SSSR count). The molecule has 1 aliphatic heterocycles. The van der Waals surface area contributed by atoms with Crippen LogP contribution in [0, 0.1) is 0 Å². The van der Waals surface area contributed by atoms with Gasteiger partial charge >= 0.3 is 0 Å². The number of thioether (sulfide) groups is 1. The Kier molecular flexibility index (Phi) is 4.93. The highest BCUT2D eigenvalue weighted by Gasteiger charge is 2.32. The molecule has 0 spiro atoms. The Morgan fingerprint density at radius 2 is 2.14 bits per heavy atom. The minimum Gasteiger partial charge on any atom is -0.489 e. The number of rotatable bonds is 4. The summed E-state index contributed by atoms with van der Waals surface area (Å²) in [7, 11) is -3.17. The van der Waals surface area contributed by atoms with E-state index in [0.29, 0.717) is 23.7 Å². The Morgan fingerprint density at radius 3 is 2.76 bits per heavy atom. The van der Waals surface area contributed by atoms with Crippen molar-refractivity contribution in [2.45, 2.75) is 25.3 Å². The van der Waals surface area contributed by atoms with Crippen LogP contribution in [-0.4, -0.2) is 44.2 Å². The third-order valence-corrected chi connectivity index (χ3v) is 5.94. The number of ether oxygens (including phenoxy) is 1. The fourth-order valence-electron chi connectivity index (χ4n) is 2.35. The molecule has 0 aromatic heterocycles. The van der Waals surface area contributed by atoms with Crippen LogP contribution in [0.4, 0.5) is 11.4 Å². The quantitative estimate of drug-likeness (QED) is 0.851. The summed E-state index contributed by atoms with van der Waals surface area (Å²) >= 11 is 1.66. The molecule has 0 amide bonds. The third-order valence-electron chi connectivity index (χ3n) is 3.29. The minimum absolute atomic E-state index is 0.0187. The summed E-state index contributed by atoms with van der Waals surface area (Å²) in [6.45, 7) is 4.53. The maximum absolute atomic E-state index is 12.0. The summed E-state index contributed by atoms with van der Waals surface area (Å²) in [5.41, 5.74) is 7.45. The number of hydrogen-bond acceptors (Lipinski definition) is 6. The van der Waals surface area contributed by atoms with Gasteiger partial charge in [0.25, 0.3) is 0 Å². The maximum Gasteiger partial charge on any atom is 0.169 e. The molecule has 5 nitrogen and oxygen atoms in total. The zero-order valence-electron chi connectivity index (χ0n) is 12.6. The van der Waals surface area contributed by atoms with E-state index < -0.39 is 15.2 Å². The summed E-state index contributed by atoms with van der Waals surface area (Å²) in [5.74, 6) is 2.06. The van der Waals surface area contributed by atoms with Crippen molar-refractivity contribution in [2.24, 2.45) is 0 Å². The fraction of sp³-hybridized carbons (Fsp3) is 0.571. The smallest absolute Gasteiger partial charge is 0.169 e. The van der Waals surface area contributed by atoms with Gasteiger partial charge in [0.1, 0.15) is 11.1 Å². The molecular weight excluding hydrogens is 308 g/mol. The van der Waals surface area contributed by atoms with E-state index in [-0.39, 0.29) is 6.10 Å². The van der Waals surface area contributed by atoms with E-state index in [1.54, 1.807) is 11.8 Å². The first-order valence-electron chi connectivity index (χ1n) is 6.89. The van der Waals surface area contributed by atoms with E-state index in [0.717, 1.165) is 11.4 Å². The number of nitrogen functional groups attached to an aromatic ring is 1. The van der Waals surface area contributed by atoms with Gasteiger partial charge in [-0.05, 0) is 26.0 Å². The summed E-state index contributed by atoms with van der Waals surface area (Å²) in [6.07, 6.45) is 1.30. The zero-order chi connectivity index (χ0) is 15.6. The number of hydrogen-bond donors (Lipinski definition) is 1. The summed E-state index contributed by atoms with van der Waals surface area (Å²) < 4.78 is 29.7. The van der Waals surface area contributed by atoms with E-state index in [1.807, 2.05) is 36.9 Å². The van der Waals surface area contributed by atoms with Gasteiger partial charge in [0.15, 0.2) is 9.84 Å². The van der Waals surface area contributed by atoms with Gasteiger partial charge < -0.3 is 15.4 Å². The number of benzene rings is 1. The normalized spacial score (nSPS) is 19.8. The van der Waals surface area contributed by atoms with Crippen molar-refractivity contribution >= 4 is 33.0 Å². The Hall–Kier alpha value is -1.08. The van der Waals surface area contributed by atoms with E-state index >= 15 is 0 Å². The Labute approximate surface area is 130 Å². The first kappa shape index (κ1) is 16.3. The lowest BCUT2D eigenvalue weighted by atomic mass is 10.2. The van der Waals surface area contributed by atoms with Crippen molar-refractivity contribution in [1.82, 2.24) is 0 Å². The number of sulfone groups is 1. The predicted octanol–water partition coefficient (Wildman–Crippen LogP) is 1.98. The molecule has 1 unspecified atom stereocenters. The molecule has 1 saturated heterocycles. The van der Waals surface area contributed by atoms with Crippen LogP contribution in [0.25, 0.3) is 0 Å². The molecule has 7 heteroatoms. The molecule has 1 atom stereocenters. The Morgan fingerprint density at radius 1 is 1.43 bits per heavy atom. The summed E-state index contributed by atoms with van der Waals surface area (Å²) in [5, 5.41) is -0.534. The highest BCUT2D eigenvalue weighted by Crippen LogP contribution is 2.36. The topological polar surface area (TPSA) is 72.6 Å². The number of anilines is 2. The molecule has 1 fully saturated rings. The molecule has 0 radical (unpaired) electrons. The average molecular weight is 330 g/mol.